The van der Waals surface area contributed by atoms with E-state index in [-0.39, 0.29) is 11.2 Å². The van der Waals surface area contributed by atoms with Gasteiger partial charge in [-0.15, -0.1) is 0 Å². The molecule has 0 aliphatic carbocycles. The van der Waals surface area contributed by atoms with Gasteiger partial charge in [0.05, 0.1) is 6.33 Å². The Morgan fingerprint density at radius 3 is 2.83 bits per heavy atom. The van der Waals surface area contributed by atoms with Gasteiger partial charge in [-0.2, -0.15) is 0 Å². The minimum atomic E-state index is -0.320. The van der Waals surface area contributed by atoms with Gasteiger partial charge in [0.15, 0.2) is 5.82 Å². The Morgan fingerprint density at radius 2 is 2.11 bits per heavy atom. The molecule has 1 atom stereocenters. The van der Waals surface area contributed by atoms with E-state index in [0.717, 1.165) is 0 Å². The Bertz CT molecular complexity index is 565. The molecule has 0 amide bonds. The van der Waals surface area contributed by atoms with Crippen LogP contribution in [-0.2, 0) is 0 Å². The number of nitrogens with one attached hydrogen (secondary N) is 2. The monoisotopic (exact) mass is 244 g/mol. The van der Waals surface area contributed by atoms with Crippen molar-refractivity contribution in [3.63, 3.8) is 0 Å². The van der Waals surface area contributed by atoms with Gasteiger partial charge in [0.1, 0.15) is 5.69 Å². The lowest BCUT2D eigenvalue weighted by Crippen LogP contribution is -2.18. The molecular weight excluding hydrogens is 228 g/mol. The average molecular weight is 244 g/mol. The maximum absolute atomic E-state index is 11.3. The van der Waals surface area contributed by atoms with Crippen LogP contribution in [0.2, 0.25) is 0 Å². The zero-order chi connectivity index (χ0) is 13.0. The molecule has 0 radical (unpaired) electrons. The van der Waals surface area contributed by atoms with Crippen LogP contribution in [0.25, 0.3) is 0 Å². The molecule has 1 heterocycles. The molecule has 0 aliphatic heterocycles. The summed E-state index contributed by atoms with van der Waals surface area (Å²) in [4.78, 5) is 17.7. The highest BCUT2D eigenvalue weighted by molar-refractivity contribution is 5.59. The number of aromatic amines is 1. The minimum absolute atomic E-state index is 0.123. The molecule has 0 bridgehead atoms. The predicted molar refractivity (Wildman–Crippen MR) is 72.6 cm³/mol. The summed E-state index contributed by atoms with van der Waals surface area (Å²) in [5.74, 6) is 0.744. The molecule has 18 heavy (non-hydrogen) atoms. The fraction of sp³-hybridized carbons (Fsp3) is 0.231. The lowest BCUT2D eigenvalue weighted by atomic mass is 10.0. The topological polar surface area (TPSA) is 83.8 Å². The second-order valence-electron chi connectivity index (χ2n) is 4.19. The molecule has 5 nitrogen and oxygen atoms in total. The summed E-state index contributed by atoms with van der Waals surface area (Å²) in [6.45, 7) is 2.77. The van der Waals surface area contributed by atoms with Crippen LogP contribution in [0.1, 0.15) is 18.4 Å². The number of nitrogens with two attached hydrogens (primary N) is 1. The van der Waals surface area contributed by atoms with Crippen LogP contribution >= 0.6 is 0 Å². The molecule has 1 unspecified atom stereocenters. The molecule has 0 fully saturated rings. The number of aromatic nitrogens is 2. The zero-order valence-corrected chi connectivity index (χ0v) is 10.2. The van der Waals surface area contributed by atoms with Gasteiger partial charge in [-0.1, -0.05) is 37.3 Å². The van der Waals surface area contributed by atoms with Gasteiger partial charge >= 0.3 is 0 Å². The first-order chi connectivity index (χ1) is 8.68. The third-order valence-corrected chi connectivity index (χ3v) is 2.83. The van der Waals surface area contributed by atoms with Gasteiger partial charge in [-0.25, -0.2) is 4.98 Å². The first-order valence-electron chi connectivity index (χ1n) is 5.80. The molecule has 2 aromatic rings. The van der Waals surface area contributed by atoms with Crippen molar-refractivity contribution < 1.29 is 0 Å². The smallest absolute Gasteiger partial charge is 0.276 e. The summed E-state index contributed by atoms with van der Waals surface area (Å²) in [6, 6.07) is 10.1. The van der Waals surface area contributed by atoms with Crippen LogP contribution < -0.4 is 16.6 Å². The number of hydrogen-bond donors (Lipinski definition) is 3. The van der Waals surface area contributed by atoms with E-state index in [1.165, 1.54) is 11.9 Å². The maximum Gasteiger partial charge on any atom is 0.276 e. The van der Waals surface area contributed by atoms with E-state index in [0.29, 0.717) is 18.3 Å². The van der Waals surface area contributed by atoms with Crippen molar-refractivity contribution in [1.82, 2.24) is 9.97 Å². The van der Waals surface area contributed by atoms with Crippen molar-refractivity contribution in [2.45, 2.75) is 12.8 Å². The first-order valence-corrected chi connectivity index (χ1v) is 5.80. The second-order valence-corrected chi connectivity index (χ2v) is 4.19. The average Bonchev–Trinajstić information content (AvgIpc) is 2.41. The van der Waals surface area contributed by atoms with E-state index in [4.69, 9.17) is 5.73 Å². The molecule has 5 heteroatoms. The molecule has 0 saturated carbocycles. The molecule has 0 spiro atoms. The summed E-state index contributed by atoms with van der Waals surface area (Å²) >= 11 is 0. The number of rotatable bonds is 4. The zero-order valence-electron chi connectivity index (χ0n) is 10.2. The van der Waals surface area contributed by atoms with Crippen molar-refractivity contribution in [3.05, 3.63) is 52.6 Å². The second kappa shape index (κ2) is 5.35. The number of anilines is 2. The van der Waals surface area contributed by atoms with Crippen molar-refractivity contribution >= 4 is 11.5 Å². The molecular formula is C13H16N4O. The molecule has 94 valence electrons. The van der Waals surface area contributed by atoms with Crippen molar-refractivity contribution in [2.75, 3.05) is 17.6 Å². The number of hydrogen-bond acceptors (Lipinski definition) is 4. The lowest BCUT2D eigenvalue weighted by Gasteiger charge is -2.13. The largest absolute Gasteiger partial charge is 0.391 e. The van der Waals surface area contributed by atoms with E-state index in [2.05, 4.69) is 34.3 Å². The Hall–Kier alpha value is -2.30. The molecule has 1 aromatic heterocycles. The Kier molecular flexibility index (Phi) is 3.62. The highest BCUT2D eigenvalue weighted by atomic mass is 16.1. The third kappa shape index (κ3) is 2.68. The van der Waals surface area contributed by atoms with Crippen LogP contribution in [0, 0.1) is 0 Å². The van der Waals surface area contributed by atoms with Gasteiger partial charge in [0, 0.05) is 6.54 Å². The normalized spacial score (nSPS) is 12.1. The molecule has 2 rings (SSSR count). The van der Waals surface area contributed by atoms with Crippen LogP contribution in [0.4, 0.5) is 11.5 Å². The third-order valence-electron chi connectivity index (χ3n) is 2.83. The van der Waals surface area contributed by atoms with E-state index in [9.17, 15) is 4.79 Å². The van der Waals surface area contributed by atoms with Gasteiger partial charge < -0.3 is 16.0 Å². The van der Waals surface area contributed by atoms with Crippen molar-refractivity contribution in [1.29, 1.82) is 0 Å². The van der Waals surface area contributed by atoms with Gasteiger partial charge in [-0.05, 0) is 11.5 Å². The summed E-state index contributed by atoms with van der Waals surface area (Å²) in [7, 11) is 0. The molecule has 4 N–H and O–H groups in total. The molecule has 1 aromatic carbocycles. The summed E-state index contributed by atoms with van der Waals surface area (Å²) in [5.41, 5.74) is 6.67. The first kappa shape index (κ1) is 12.2. The van der Waals surface area contributed by atoms with Gasteiger partial charge in [0.2, 0.25) is 0 Å². The number of H-pyrrole nitrogens is 1. The van der Waals surface area contributed by atoms with Gasteiger partial charge in [0.25, 0.3) is 5.56 Å². The summed E-state index contributed by atoms with van der Waals surface area (Å²) < 4.78 is 0. The molecule has 0 saturated heterocycles. The lowest BCUT2D eigenvalue weighted by molar-refractivity contribution is 0.801. The highest BCUT2D eigenvalue weighted by Crippen LogP contribution is 2.16. The summed E-state index contributed by atoms with van der Waals surface area (Å²) in [6.07, 6.45) is 1.34. The Morgan fingerprint density at radius 1 is 1.39 bits per heavy atom. The van der Waals surface area contributed by atoms with E-state index < -0.39 is 0 Å². The van der Waals surface area contributed by atoms with Crippen LogP contribution in [0.3, 0.4) is 0 Å². The SMILES string of the molecule is CC(CNc1nc[nH]c(=O)c1N)c1ccccc1. The fourth-order valence-corrected chi connectivity index (χ4v) is 1.70. The number of nitrogens with zero attached hydrogens (tertiary/aromatic N) is 1. The Labute approximate surface area is 105 Å². The van der Waals surface area contributed by atoms with Crippen LogP contribution in [-0.4, -0.2) is 16.5 Å². The maximum atomic E-state index is 11.3. The number of benzene rings is 1. The van der Waals surface area contributed by atoms with Crippen molar-refractivity contribution in [3.8, 4) is 0 Å². The standard InChI is InChI=1S/C13H16N4O/c1-9(10-5-3-2-4-6-10)7-15-12-11(14)13(18)17-8-16-12/h2-6,8-9H,7,14H2,1H3,(H2,15,16,17,18). The van der Waals surface area contributed by atoms with E-state index >= 15 is 0 Å². The van der Waals surface area contributed by atoms with Gasteiger partial charge in [-0.3, -0.25) is 4.79 Å². The van der Waals surface area contributed by atoms with Crippen LogP contribution in [0.15, 0.2) is 41.5 Å². The quantitative estimate of drug-likeness (QED) is 0.762. The highest BCUT2D eigenvalue weighted by Gasteiger charge is 2.08. The summed E-state index contributed by atoms with van der Waals surface area (Å²) in [5, 5.41) is 3.10. The fourth-order valence-electron chi connectivity index (χ4n) is 1.70. The van der Waals surface area contributed by atoms with E-state index in [1.54, 1.807) is 0 Å². The van der Waals surface area contributed by atoms with E-state index in [1.807, 2.05) is 18.2 Å². The Balaban J connectivity index is 2.04. The minimum Gasteiger partial charge on any atom is -0.391 e. The van der Waals surface area contributed by atoms with Crippen molar-refractivity contribution in [2.24, 2.45) is 0 Å². The predicted octanol–water partition coefficient (Wildman–Crippen LogP) is 1.57. The molecule has 0 aliphatic rings. The number of nitrogen functional groups attached to an aromatic ring is 1. The van der Waals surface area contributed by atoms with Crippen LogP contribution in [0.5, 0.6) is 0 Å².